The van der Waals surface area contributed by atoms with Gasteiger partial charge in [-0.1, -0.05) is 164 Å². The quantitative estimate of drug-likeness (QED) is 0.166. The summed E-state index contributed by atoms with van der Waals surface area (Å²) in [6, 6.07) is 75.8. The number of fused-ring (bicyclic) bond motifs is 3. The van der Waals surface area contributed by atoms with E-state index in [0.29, 0.717) is 0 Å². The summed E-state index contributed by atoms with van der Waals surface area (Å²) in [7, 11) is 0. The molecule has 0 aliphatic rings. The van der Waals surface area contributed by atoms with Gasteiger partial charge in [0, 0.05) is 28.0 Å². The van der Waals surface area contributed by atoms with Gasteiger partial charge < -0.3 is 9.32 Å². The van der Waals surface area contributed by atoms with Crippen molar-refractivity contribution in [2.75, 3.05) is 4.90 Å². The van der Waals surface area contributed by atoms with E-state index in [4.69, 9.17) is 4.42 Å². The largest absolute Gasteiger partial charge is 0.456 e. The highest BCUT2D eigenvalue weighted by molar-refractivity contribution is 5.98. The zero-order chi connectivity index (χ0) is 35.8. The van der Waals surface area contributed by atoms with E-state index in [0.717, 1.165) is 50.5 Å². The van der Waals surface area contributed by atoms with Gasteiger partial charge in [-0.15, -0.1) is 0 Å². The number of hydrogen-bond donors (Lipinski definition) is 0. The Kier molecular flexibility index (Phi) is 7.85. The second-order valence-electron chi connectivity index (χ2n) is 13.7. The Morgan fingerprint density at radius 2 is 0.685 bits per heavy atom. The lowest BCUT2D eigenvalue weighted by Gasteiger charge is -2.26. The van der Waals surface area contributed by atoms with E-state index in [9.17, 15) is 0 Å². The molecule has 1 heterocycles. The van der Waals surface area contributed by atoms with E-state index in [-0.39, 0.29) is 0 Å². The lowest BCUT2D eigenvalue weighted by molar-refractivity contribution is 0.632. The first kappa shape index (κ1) is 31.6. The predicted octanol–water partition coefficient (Wildman–Crippen LogP) is 14.9. The van der Waals surface area contributed by atoms with Gasteiger partial charge in [0.25, 0.3) is 0 Å². The van der Waals surface area contributed by atoms with E-state index in [1.807, 2.05) is 18.2 Å². The van der Waals surface area contributed by atoms with Gasteiger partial charge >= 0.3 is 0 Å². The van der Waals surface area contributed by atoms with Crippen LogP contribution in [-0.4, -0.2) is 0 Å². The third kappa shape index (κ3) is 5.71. The number of hydrogen-bond acceptors (Lipinski definition) is 2. The maximum atomic E-state index is 6.32. The van der Waals surface area contributed by atoms with Crippen molar-refractivity contribution in [1.29, 1.82) is 0 Å². The molecule has 0 saturated heterocycles. The molecule has 2 nitrogen and oxygen atoms in total. The maximum Gasteiger partial charge on any atom is 0.136 e. The summed E-state index contributed by atoms with van der Waals surface area (Å²) in [5.41, 5.74) is 12.4. The SMILES string of the molecule is c1ccc(-c2cc3ccccc3o2)c(-c2ccc(N(c3ccc(-c4cccc5ccccc45)cc3)c3ccc(-c4cccc5ccccc45)cc3)cc2)c1. The van der Waals surface area contributed by atoms with Crippen molar-refractivity contribution in [3.05, 3.63) is 212 Å². The van der Waals surface area contributed by atoms with Crippen molar-refractivity contribution in [2.24, 2.45) is 0 Å². The topological polar surface area (TPSA) is 16.4 Å². The lowest BCUT2D eigenvalue weighted by Crippen LogP contribution is -2.09. The molecular weight excluding hydrogens is 655 g/mol. The van der Waals surface area contributed by atoms with Gasteiger partial charge in [0.05, 0.1) is 0 Å². The predicted molar refractivity (Wildman–Crippen MR) is 228 cm³/mol. The highest BCUT2D eigenvalue weighted by Crippen LogP contribution is 2.41. The third-order valence-electron chi connectivity index (χ3n) is 10.5. The number of benzene rings is 9. The number of furan rings is 1. The fourth-order valence-corrected chi connectivity index (χ4v) is 7.84. The molecule has 0 atom stereocenters. The minimum atomic E-state index is 0.870. The van der Waals surface area contributed by atoms with Crippen molar-refractivity contribution in [3.8, 4) is 44.7 Å². The summed E-state index contributed by atoms with van der Waals surface area (Å²) < 4.78 is 6.32. The fourth-order valence-electron chi connectivity index (χ4n) is 7.84. The van der Waals surface area contributed by atoms with Crippen LogP contribution in [-0.2, 0) is 0 Å². The summed E-state index contributed by atoms with van der Waals surface area (Å²) in [5.74, 6) is 0.870. The average molecular weight is 690 g/mol. The molecule has 0 bridgehead atoms. The van der Waals surface area contributed by atoms with Crippen LogP contribution in [0.5, 0.6) is 0 Å². The molecule has 0 aliphatic heterocycles. The number of para-hydroxylation sites is 1. The first-order valence-electron chi connectivity index (χ1n) is 18.4. The van der Waals surface area contributed by atoms with Crippen LogP contribution >= 0.6 is 0 Å². The molecule has 0 unspecified atom stereocenters. The molecule has 0 amide bonds. The Hall–Kier alpha value is -7.16. The highest BCUT2D eigenvalue weighted by Gasteiger charge is 2.16. The van der Waals surface area contributed by atoms with E-state index < -0.39 is 0 Å². The first-order valence-corrected chi connectivity index (χ1v) is 18.4. The highest BCUT2D eigenvalue weighted by atomic mass is 16.3. The number of anilines is 3. The fraction of sp³-hybridized carbons (Fsp3) is 0. The van der Waals surface area contributed by atoms with Gasteiger partial charge in [0.2, 0.25) is 0 Å². The lowest BCUT2D eigenvalue weighted by atomic mass is 9.97. The third-order valence-corrected chi connectivity index (χ3v) is 10.5. The second-order valence-corrected chi connectivity index (χ2v) is 13.7. The number of rotatable bonds is 7. The summed E-state index contributed by atoms with van der Waals surface area (Å²) in [6.45, 7) is 0. The molecule has 9 aromatic carbocycles. The molecule has 0 N–H and O–H groups in total. The minimum Gasteiger partial charge on any atom is -0.456 e. The van der Waals surface area contributed by atoms with Gasteiger partial charge in [-0.25, -0.2) is 0 Å². The van der Waals surface area contributed by atoms with Crippen LogP contribution in [0.2, 0.25) is 0 Å². The zero-order valence-electron chi connectivity index (χ0n) is 29.6. The normalized spacial score (nSPS) is 11.3. The molecule has 2 heteroatoms. The van der Waals surface area contributed by atoms with Crippen LogP contribution in [0.1, 0.15) is 0 Å². The summed E-state index contributed by atoms with van der Waals surface area (Å²) in [6.07, 6.45) is 0. The van der Waals surface area contributed by atoms with Crippen LogP contribution in [0, 0.1) is 0 Å². The van der Waals surface area contributed by atoms with Crippen molar-refractivity contribution < 1.29 is 4.42 Å². The molecule has 254 valence electrons. The zero-order valence-corrected chi connectivity index (χ0v) is 29.6. The summed E-state index contributed by atoms with van der Waals surface area (Å²) >= 11 is 0. The molecule has 0 spiro atoms. The molecule has 10 aromatic rings. The molecule has 0 saturated carbocycles. The monoisotopic (exact) mass is 689 g/mol. The Morgan fingerprint density at radius 3 is 1.20 bits per heavy atom. The van der Waals surface area contributed by atoms with E-state index in [2.05, 4.69) is 199 Å². The average Bonchev–Trinajstić information content (AvgIpc) is 3.69. The minimum absolute atomic E-state index is 0.870. The van der Waals surface area contributed by atoms with Crippen molar-refractivity contribution in [2.45, 2.75) is 0 Å². The van der Waals surface area contributed by atoms with Gasteiger partial charge in [-0.3, -0.25) is 0 Å². The molecular formula is C52H35NO. The first-order chi connectivity index (χ1) is 26.8. The van der Waals surface area contributed by atoms with Gasteiger partial charge in [-0.2, -0.15) is 0 Å². The maximum absolute atomic E-state index is 6.32. The Bertz CT molecular complexity index is 2750. The Labute approximate surface area is 314 Å². The summed E-state index contributed by atoms with van der Waals surface area (Å²) in [5, 5.41) is 6.11. The van der Waals surface area contributed by atoms with E-state index >= 15 is 0 Å². The van der Waals surface area contributed by atoms with Gasteiger partial charge in [-0.05, 0) is 103 Å². The van der Waals surface area contributed by atoms with Crippen molar-refractivity contribution in [1.82, 2.24) is 0 Å². The van der Waals surface area contributed by atoms with Crippen LogP contribution < -0.4 is 4.90 Å². The van der Waals surface area contributed by atoms with Crippen molar-refractivity contribution >= 4 is 49.6 Å². The second kappa shape index (κ2) is 13.4. The van der Waals surface area contributed by atoms with E-state index in [1.165, 1.54) is 43.8 Å². The Balaban J connectivity index is 1.05. The van der Waals surface area contributed by atoms with Crippen LogP contribution in [0.15, 0.2) is 217 Å². The molecule has 0 fully saturated rings. The molecule has 0 radical (unpaired) electrons. The molecule has 0 aliphatic carbocycles. The van der Waals surface area contributed by atoms with Crippen molar-refractivity contribution in [3.63, 3.8) is 0 Å². The van der Waals surface area contributed by atoms with Gasteiger partial charge in [0.1, 0.15) is 11.3 Å². The summed E-state index contributed by atoms with van der Waals surface area (Å²) in [4.78, 5) is 2.34. The van der Waals surface area contributed by atoms with Gasteiger partial charge in [0.15, 0.2) is 0 Å². The van der Waals surface area contributed by atoms with E-state index in [1.54, 1.807) is 0 Å². The molecule has 10 rings (SSSR count). The Morgan fingerprint density at radius 1 is 0.296 bits per heavy atom. The molecule has 1 aromatic heterocycles. The van der Waals surface area contributed by atoms with Crippen LogP contribution in [0.4, 0.5) is 17.1 Å². The smallest absolute Gasteiger partial charge is 0.136 e. The standard InChI is InChI=1S/C52H35NO/c1-4-16-45-36(11-1)14-9-20-47(45)38-23-29-42(30-24-38)53(43-31-25-39(26-32-43)48-21-10-15-37-12-2-5-17-46(37)48)44-33-27-40(28-34-44)49-18-6-7-19-50(49)52-35-41-13-3-8-22-51(41)54-52/h1-35H. The number of nitrogens with zero attached hydrogens (tertiary/aromatic N) is 1. The van der Waals surface area contributed by atoms with Crippen LogP contribution in [0.3, 0.4) is 0 Å². The van der Waals surface area contributed by atoms with Crippen LogP contribution in [0.25, 0.3) is 77.2 Å². The molecule has 54 heavy (non-hydrogen) atoms.